The molecule has 2 aromatic heterocycles. The highest BCUT2D eigenvalue weighted by Gasteiger charge is 2.24. The number of nitrogens with one attached hydrogen (secondary N) is 2. The fourth-order valence-corrected chi connectivity index (χ4v) is 6.27. The zero-order chi connectivity index (χ0) is 28.8. The Morgan fingerprint density at radius 2 is 1.83 bits per heavy atom. The first-order chi connectivity index (χ1) is 20.5. The Morgan fingerprint density at radius 3 is 2.64 bits per heavy atom. The number of imidazole rings is 1. The number of ether oxygens (including phenoxy) is 1. The fourth-order valence-electron chi connectivity index (χ4n) is 6.27. The molecular weight excluding hydrogens is 529 g/mol. The van der Waals surface area contributed by atoms with Crippen LogP contribution in [0.25, 0.3) is 49.9 Å². The zero-order valence-corrected chi connectivity index (χ0v) is 23.0. The molecule has 0 atom stereocenters. The molecule has 2 N–H and O–H groups in total. The van der Waals surface area contributed by atoms with Gasteiger partial charge in [-0.1, -0.05) is 30.3 Å². The highest BCUT2D eigenvalue weighted by Crippen LogP contribution is 2.39. The maximum Gasteiger partial charge on any atom is 0.302 e. The monoisotopic (exact) mass is 557 g/mol. The van der Waals surface area contributed by atoms with Crippen molar-refractivity contribution in [2.24, 2.45) is 0 Å². The van der Waals surface area contributed by atoms with Gasteiger partial charge in [-0.25, -0.2) is 9.37 Å². The van der Waals surface area contributed by atoms with Crippen molar-refractivity contribution >= 4 is 44.5 Å². The number of hydrogen-bond acceptors (Lipinski definition) is 5. The Balaban J connectivity index is 1.32. The molecule has 1 aliphatic carbocycles. The number of halogens is 1. The number of aromatic nitrogens is 3. The normalized spacial score (nSPS) is 17.0. The minimum absolute atomic E-state index is 0.0418. The first kappa shape index (κ1) is 25.8. The molecule has 7 nitrogen and oxygen atoms in total. The van der Waals surface area contributed by atoms with Gasteiger partial charge in [0.05, 0.1) is 33.3 Å². The van der Waals surface area contributed by atoms with Gasteiger partial charge >= 0.3 is 5.97 Å². The number of anilines is 1. The Bertz CT molecular complexity index is 2030. The van der Waals surface area contributed by atoms with Gasteiger partial charge in [0, 0.05) is 35.0 Å². The van der Waals surface area contributed by atoms with E-state index in [0.29, 0.717) is 22.4 Å². The van der Waals surface area contributed by atoms with Crippen molar-refractivity contribution < 1.29 is 13.9 Å². The van der Waals surface area contributed by atoms with Crippen LogP contribution in [-0.4, -0.2) is 32.7 Å². The number of rotatable bonds is 5. The number of aromatic amines is 1. The summed E-state index contributed by atoms with van der Waals surface area (Å²) in [7, 11) is 0. The van der Waals surface area contributed by atoms with Crippen molar-refractivity contribution in [3.8, 4) is 23.1 Å². The molecule has 0 radical (unpaired) electrons. The zero-order valence-electron chi connectivity index (χ0n) is 23.0. The van der Waals surface area contributed by atoms with Crippen LogP contribution in [-0.2, 0) is 9.53 Å². The van der Waals surface area contributed by atoms with E-state index < -0.39 is 0 Å². The predicted molar refractivity (Wildman–Crippen MR) is 162 cm³/mol. The number of carbonyl (C=O) groups is 1. The number of para-hydroxylation sites is 1. The van der Waals surface area contributed by atoms with E-state index in [2.05, 4.69) is 39.1 Å². The molecule has 42 heavy (non-hydrogen) atoms. The van der Waals surface area contributed by atoms with E-state index in [-0.39, 0.29) is 23.9 Å². The third-order valence-corrected chi connectivity index (χ3v) is 8.14. The van der Waals surface area contributed by atoms with Crippen LogP contribution >= 0.6 is 0 Å². The number of hydrogen-bond donors (Lipinski definition) is 2. The second-order valence-electron chi connectivity index (χ2n) is 10.9. The molecule has 0 amide bonds. The van der Waals surface area contributed by atoms with Crippen molar-refractivity contribution in [3.05, 3.63) is 90.2 Å². The number of esters is 1. The Hall–Kier alpha value is -5.16. The molecule has 7 rings (SSSR count). The molecule has 0 spiro atoms. The van der Waals surface area contributed by atoms with Crippen LogP contribution in [0.4, 0.5) is 10.1 Å². The van der Waals surface area contributed by atoms with Crippen molar-refractivity contribution in [1.82, 2.24) is 14.5 Å². The van der Waals surface area contributed by atoms with Crippen LogP contribution in [0.5, 0.6) is 0 Å². The number of benzene rings is 4. The summed E-state index contributed by atoms with van der Waals surface area (Å²) >= 11 is 0. The molecule has 1 aliphatic rings. The van der Waals surface area contributed by atoms with Crippen LogP contribution in [0, 0.1) is 17.1 Å². The van der Waals surface area contributed by atoms with Crippen LogP contribution in [0.15, 0.2) is 78.9 Å². The fraction of sp³-hybridized carbons (Fsp3) is 0.206. The maximum absolute atomic E-state index is 13.9. The second kappa shape index (κ2) is 10.3. The molecular formula is C34H28FN5O2. The van der Waals surface area contributed by atoms with E-state index >= 15 is 0 Å². The smallest absolute Gasteiger partial charge is 0.302 e. The van der Waals surface area contributed by atoms with Crippen molar-refractivity contribution in [1.29, 1.82) is 5.26 Å². The lowest BCUT2D eigenvalue weighted by molar-refractivity contribution is -0.147. The summed E-state index contributed by atoms with van der Waals surface area (Å²) in [6, 6.07) is 27.3. The second-order valence-corrected chi connectivity index (χ2v) is 10.9. The molecule has 4 aromatic carbocycles. The van der Waals surface area contributed by atoms with Crippen molar-refractivity contribution in [2.45, 2.75) is 44.8 Å². The third-order valence-electron chi connectivity index (χ3n) is 8.14. The summed E-state index contributed by atoms with van der Waals surface area (Å²) in [5.41, 5.74) is 6.60. The number of fused-ring (bicyclic) bond motifs is 4. The predicted octanol–water partition coefficient (Wildman–Crippen LogP) is 7.62. The molecule has 0 bridgehead atoms. The highest BCUT2D eigenvalue weighted by molar-refractivity contribution is 6.15. The van der Waals surface area contributed by atoms with Crippen molar-refractivity contribution in [2.75, 3.05) is 5.32 Å². The van der Waals surface area contributed by atoms with Gasteiger partial charge in [0.25, 0.3) is 0 Å². The van der Waals surface area contributed by atoms with Gasteiger partial charge in [0.1, 0.15) is 23.8 Å². The van der Waals surface area contributed by atoms with E-state index in [9.17, 15) is 14.4 Å². The lowest BCUT2D eigenvalue weighted by atomic mass is 9.92. The lowest BCUT2D eigenvalue weighted by Gasteiger charge is -2.29. The van der Waals surface area contributed by atoms with E-state index in [1.165, 1.54) is 19.1 Å². The standard InChI is InChI=1S/C34H28FN5O2/c1-20(41)42-25-14-11-23(12-15-25)37-29-18-24(13-9-21(29)19-36)40-31-7-3-2-5-26(31)33-27(6-4-8-32(33)40)34-38-28-16-10-22(35)17-30(28)39-34/h2-10,13,16-18,23,25,37H,11-12,14-15H2,1H3,(H,38,39)/t23-,25-. The summed E-state index contributed by atoms with van der Waals surface area (Å²) < 4.78 is 21.5. The minimum atomic E-state index is -0.310. The van der Waals surface area contributed by atoms with Crippen LogP contribution < -0.4 is 5.32 Å². The lowest BCUT2D eigenvalue weighted by Crippen LogP contribution is -2.30. The maximum atomic E-state index is 13.9. The summed E-state index contributed by atoms with van der Waals surface area (Å²) in [6.07, 6.45) is 3.26. The molecule has 1 saturated carbocycles. The van der Waals surface area contributed by atoms with Crippen LogP contribution in [0.2, 0.25) is 0 Å². The van der Waals surface area contributed by atoms with Gasteiger partial charge in [-0.2, -0.15) is 5.26 Å². The first-order valence-electron chi connectivity index (χ1n) is 14.1. The van der Waals surface area contributed by atoms with Crippen LogP contribution in [0.3, 0.4) is 0 Å². The van der Waals surface area contributed by atoms with Gasteiger partial charge in [-0.3, -0.25) is 4.79 Å². The van der Waals surface area contributed by atoms with Gasteiger partial charge in [0.15, 0.2) is 0 Å². The van der Waals surface area contributed by atoms with Gasteiger partial charge < -0.3 is 19.6 Å². The van der Waals surface area contributed by atoms with Crippen molar-refractivity contribution in [3.63, 3.8) is 0 Å². The summed E-state index contributed by atoms with van der Waals surface area (Å²) in [5, 5.41) is 15.6. The van der Waals surface area contributed by atoms with E-state index in [1.54, 1.807) is 6.07 Å². The van der Waals surface area contributed by atoms with Gasteiger partial charge in [-0.05, 0) is 74.2 Å². The van der Waals surface area contributed by atoms with Crippen LogP contribution in [0.1, 0.15) is 38.2 Å². The van der Waals surface area contributed by atoms with E-state index in [1.807, 2.05) is 42.5 Å². The van der Waals surface area contributed by atoms with Gasteiger partial charge in [-0.15, -0.1) is 0 Å². The molecule has 0 saturated heterocycles. The Labute approximate surface area is 241 Å². The number of nitrogens with zero attached hydrogens (tertiary/aromatic N) is 3. The average Bonchev–Trinajstić information content (AvgIpc) is 3.57. The molecule has 0 unspecified atom stereocenters. The highest BCUT2D eigenvalue weighted by atomic mass is 19.1. The Kier molecular flexibility index (Phi) is 6.35. The molecule has 208 valence electrons. The average molecular weight is 558 g/mol. The minimum Gasteiger partial charge on any atom is -0.463 e. The number of H-pyrrole nitrogens is 1. The quantitative estimate of drug-likeness (QED) is 0.213. The number of nitriles is 1. The third kappa shape index (κ3) is 4.53. The molecule has 2 heterocycles. The largest absolute Gasteiger partial charge is 0.463 e. The van der Waals surface area contributed by atoms with E-state index in [4.69, 9.17) is 9.72 Å². The topological polar surface area (TPSA) is 95.7 Å². The Morgan fingerprint density at radius 1 is 1.02 bits per heavy atom. The van der Waals surface area contributed by atoms with Gasteiger partial charge in [0.2, 0.25) is 0 Å². The molecule has 1 fully saturated rings. The summed E-state index contributed by atoms with van der Waals surface area (Å²) in [6.45, 7) is 1.45. The SMILES string of the molecule is CC(=O)O[C@H]1CC[C@H](Nc2cc(-n3c4ccccc4c4c(-c5nc6ccc(F)cc6[nH]5)cccc43)ccc2C#N)CC1. The molecule has 6 aromatic rings. The number of carbonyl (C=O) groups excluding carboxylic acids is 1. The molecule has 0 aliphatic heterocycles. The first-order valence-corrected chi connectivity index (χ1v) is 14.1. The molecule has 8 heteroatoms. The van der Waals surface area contributed by atoms with E-state index in [0.717, 1.165) is 64.4 Å². The summed E-state index contributed by atoms with van der Waals surface area (Å²) in [5.74, 6) is 0.125. The summed E-state index contributed by atoms with van der Waals surface area (Å²) in [4.78, 5) is 19.5.